The number of carboxylic acid groups (broad SMARTS) is 1. The zero-order chi connectivity index (χ0) is 17.5. The maximum absolute atomic E-state index is 12.8. The fourth-order valence-electron chi connectivity index (χ4n) is 2.19. The molecule has 1 aromatic carbocycles. The summed E-state index contributed by atoms with van der Waals surface area (Å²) >= 11 is 1.35. The average Bonchev–Trinajstić information content (AvgIpc) is 3.03. The topological polar surface area (TPSA) is 79.7 Å². The smallest absolute Gasteiger partial charge is 0.308 e. The lowest BCUT2D eigenvalue weighted by atomic mass is 10.1. The molecule has 1 atom stereocenters. The summed E-state index contributed by atoms with van der Waals surface area (Å²) in [6, 6.07) is 9.48. The quantitative estimate of drug-likeness (QED) is 0.793. The molecule has 2 rings (SSSR count). The highest BCUT2D eigenvalue weighted by molar-refractivity contribution is 7.09. The van der Waals surface area contributed by atoms with Crippen LogP contribution in [0.1, 0.15) is 28.0 Å². The van der Waals surface area contributed by atoms with E-state index in [1.54, 1.807) is 19.4 Å². The van der Waals surface area contributed by atoms with Crippen LogP contribution in [0.25, 0.3) is 0 Å². The molecule has 0 radical (unpaired) electrons. The molecule has 1 amide bonds. The predicted octanol–water partition coefficient (Wildman–Crippen LogP) is 2.65. The van der Waals surface area contributed by atoms with Crippen molar-refractivity contribution in [2.24, 2.45) is 5.92 Å². The molecule has 0 saturated carbocycles. The van der Waals surface area contributed by atoms with Crippen LogP contribution in [0.4, 0.5) is 0 Å². The maximum atomic E-state index is 12.8. The van der Waals surface area contributed by atoms with Gasteiger partial charge >= 0.3 is 5.97 Å². The first kappa shape index (κ1) is 18.1. The highest BCUT2D eigenvalue weighted by Gasteiger charge is 2.23. The largest absolute Gasteiger partial charge is 0.481 e. The summed E-state index contributed by atoms with van der Waals surface area (Å²) in [5.41, 5.74) is 1.26. The number of benzene rings is 1. The first-order valence-electron chi connectivity index (χ1n) is 7.50. The van der Waals surface area contributed by atoms with Crippen molar-refractivity contribution in [1.29, 1.82) is 0 Å². The SMILES string of the molecule is COCc1nc(C(=O)N(Cc2ccccc2)C[C@@H](C)C(=O)O)cs1. The molecule has 6 nitrogen and oxygen atoms in total. The number of nitrogens with zero attached hydrogens (tertiary/aromatic N) is 2. The van der Waals surface area contributed by atoms with E-state index >= 15 is 0 Å². The summed E-state index contributed by atoms with van der Waals surface area (Å²) < 4.78 is 5.02. The van der Waals surface area contributed by atoms with Gasteiger partial charge in [0.1, 0.15) is 10.7 Å². The Balaban J connectivity index is 2.19. The molecule has 0 aliphatic carbocycles. The summed E-state index contributed by atoms with van der Waals surface area (Å²) in [6.45, 7) is 2.40. The van der Waals surface area contributed by atoms with Crippen LogP contribution >= 0.6 is 11.3 Å². The van der Waals surface area contributed by atoms with E-state index in [1.807, 2.05) is 30.3 Å². The standard InChI is InChI=1S/C17H20N2O4S/c1-12(17(21)22)8-19(9-13-6-4-3-5-7-13)16(20)14-11-24-15(18-14)10-23-2/h3-7,11-12H,8-10H2,1-2H3,(H,21,22)/t12-/m1/s1. The molecule has 1 N–H and O–H groups in total. The Hall–Kier alpha value is -2.25. The Bertz CT molecular complexity index is 687. The predicted molar refractivity (Wildman–Crippen MR) is 90.8 cm³/mol. The molecular formula is C17H20N2O4S. The van der Waals surface area contributed by atoms with E-state index < -0.39 is 11.9 Å². The van der Waals surface area contributed by atoms with E-state index in [9.17, 15) is 9.59 Å². The summed E-state index contributed by atoms with van der Waals surface area (Å²) in [5, 5.41) is 11.6. The molecule has 0 saturated heterocycles. The number of ether oxygens (including phenoxy) is 1. The van der Waals surface area contributed by atoms with Crippen LogP contribution in [0, 0.1) is 5.92 Å². The molecule has 128 valence electrons. The van der Waals surface area contributed by atoms with Gasteiger partial charge in [-0.1, -0.05) is 37.3 Å². The van der Waals surface area contributed by atoms with Gasteiger partial charge in [-0.15, -0.1) is 11.3 Å². The lowest BCUT2D eigenvalue weighted by Gasteiger charge is -2.24. The van der Waals surface area contributed by atoms with Crippen molar-refractivity contribution in [2.75, 3.05) is 13.7 Å². The van der Waals surface area contributed by atoms with E-state index in [0.29, 0.717) is 23.9 Å². The van der Waals surface area contributed by atoms with Crippen LogP contribution in [0.15, 0.2) is 35.7 Å². The summed E-state index contributed by atoms with van der Waals surface area (Å²) in [4.78, 5) is 29.7. The number of carbonyl (C=O) groups excluding carboxylic acids is 1. The van der Waals surface area contributed by atoms with Gasteiger partial charge < -0.3 is 14.7 Å². The minimum absolute atomic E-state index is 0.125. The fourth-order valence-corrected chi connectivity index (χ4v) is 2.93. The Morgan fingerprint density at radius 3 is 2.67 bits per heavy atom. The van der Waals surface area contributed by atoms with E-state index in [4.69, 9.17) is 9.84 Å². The molecule has 0 aliphatic heterocycles. The molecule has 1 aromatic heterocycles. The number of thiazole rings is 1. The van der Waals surface area contributed by atoms with Crippen molar-refractivity contribution in [3.8, 4) is 0 Å². The van der Waals surface area contributed by atoms with Crippen molar-refractivity contribution < 1.29 is 19.4 Å². The van der Waals surface area contributed by atoms with Crippen molar-refractivity contribution in [3.63, 3.8) is 0 Å². The van der Waals surface area contributed by atoms with Crippen molar-refractivity contribution in [1.82, 2.24) is 9.88 Å². The molecule has 0 aliphatic rings. The van der Waals surface area contributed by atoms with Gasteiger partial charge in [-0.25, -0.2) is 4.98 Å². The number of carboxylic acids is 1. The van der Waals surface area contributed by atoms with E-state index in [0.717, 1.165) is 5.56 Å². The zero-order valence-electron chi connectivity index (χ0n) is 13.6. The summed E-state index contributed by atoms with van der Waals surface area (Å²) in [7, 11) is 1.57. The monoisotopic (exact) mass is 348 g/mol. The second-order valence-electron chi connectivity index (χ2n) is 5.47. The molecule has 7 heteroatoms. The number of carbonyl (C=O) groups is 2. The molecule has 0 fully saturated rings. The van der Waals surface area contributed by atoms with Gasteiger partial charge in [0.05, 0.1) is 12.5 Å². The number of rotatable bonds is 8. The van der Waals surface area contributed by atoms with Gasteiger partial charge in [0.25, 0.3) is 5.91 Å². The maximum Gasteiger partial charge on any atom is 0.308 e. The third kappa shape index (κ3) is 4.87. The van der Waals surface area contributed by atoms with Gasteiger partial charge in [0, 0.05) is 25.6 Å². The minimum atomic E-state index is -0.931. The fraction of sp³-hybridized carbons (Fsp3) is 0.353. The molecule has 0 unspecified atom stereocenters. The number of aromatic nitrogens is 1. The van der Waals surface area contributed by atoms with E-state index in [1.165, 1.54) is 16.2 Å². The number of methoxy groups -OCH3 is 1. The molecule has 0 bridgehead atoms. The van der Waals surface area contributed by atoms with Crippen molar-refractivity contribution in [3.05, 3.63) is 52.0 Å². The lowest BCUT2D eigenvalue weighted by Crippen LogP contribution is -2.36. The van der Waals surface area contributed by atoms with Gasteiger partial charge in [0.15, 0.2) is 0 Å². The summed E-state index contributed by atoms with van der Waals surface area (Å²) in [6.07, 6.45) is 0. The second kappa shape index (κ2) is 8.56. The van der Waals surface area contributed by atoms with Gasteiger partial charge in [-0.2, -0.15) is 0 Å². The molecule has 2 aromatic rings. The highest BCUT2D eigenvalue weighted by Crippen LogP contribution is 2.16. The molecule has 24 heavy (non-hydrogen) atoms. The van der Waals surface area contributed by atoms with E-state index in [-0.39, 0.29) is 12.5 Å². The first-order chi connectivity index (χ1) is 11.5. The average molecular weight is 348 g/mol. The van der Waals surface area contributed by atoms with Crippen LogP contribution in [0.2, 0.25) is 0 Å². The normalized spacial score (nSPS) is 11.9. The Morgan fingerprint density at radius 1 is 1.33 bits per heavy atom. The third-order valence-electron chi connectivity index (χ3n) is 3.46. The summed E-state index contributed by atoms with van der Waals surface area (Å²) in [5.74, 6) is -1.86. The number of amides is 1. The Labute approximate surface area is 144 Å². The number of hydrogen-bond donors (Lipinski definition) is 1. The van der Waals surface area contributed by atoms with Crippen molar-refractivity contribution in [2.45, 2.75) is 20.1 Å². The number of hydrogen-bond acceptors (Lipinski definition) is 5. The minimum Gasteiger partial charge on any atom is -0.481 e. The van der Waals surface area contributed by atoms with Crippen LogP contribution in [-0.4, -0.2) is 40.5 Å². The van der Waals surface area contributed by atoms with Crippen molar-refractivity contribution >= 4 is 23.2 Å². The Morgan fingerprint density at radius 2 is 2.04 bits per heavy atom. The lowest BCUT2D eigenvalue weighted by molar-refractivity contribution is -0.141. The van der Waals surface area contributed by atoms with Crippen LogP contribution in [0.5, 0.6) is 0 Å². The van der Waals surface area contributed by atoms with Gasteiger partial charge in [0.2, 0.25) is 0 Å². The van der Waals surface area contributed by atoms with Crippen LogP contribution in [-0.2, 0) is 22.7 Å². The number of aliphatic carboxylic acids is 1. The van der Waals surface area contributed by atoms with Gasteiger partial charge in [-0.05, 0) is 5.56 Å². The Kier molecular flexibility index (Phi) is 6.45. The van der Waals surface area contributed by atoms with E-state index in [2.05, 4.69) is 4.98 Å². The molecule has 1 heterocycles. The van der Waals surface area contributed by atoms with Gasteiger partial charge in [-0.3, -0.25) is 9.59 Å². The second-order valence-corrected chi connectivity index (χ2v) is 6.41. The molecular weight excluding hydrogens is 328 g/mol. The van der Waals surface area contributed by atoms with Crippen LogP contribution in [0.3, 0.4) is 0 Å². The molecule has 0 spiro atoms. The zero-order valence-corrected chi connectivity index (χ0v) is 14.5. The highest BCUT2D eigenvalue weighted by atomic mass is 32.1. The third-order valence-corrected chi connectivity index (χ3v) is 4.28. The van der Waals surface area contributed by atoms with Crippen LogP contribution < -0.4 is 0 Å². The first-order valence-corrected chi connectivity index (χ1v) is 8.38.